The predicted octanol–water partition coefficient (Wildman–Crippen LogP) is -1.20. The van der Waals surface area contributed by atoms with Crippen molar-refractivity contribution in [3.05, 3.63) is 0 Å². The molecule has 4 rings (SSSR count). The Labute approximate surface area is 159 Å². The van der Waals surface area contributed by atoms with Gasteiger partial charge in [-0.25, -0.2) is 14.8 Å². The quantitative estimate of drug-likeness (QED) is 0.420. The third-order valence-corrected chi connectivity index (χ3v) is 6.64. The number of carbonyl (C=O) groups is 1. The molecule has 0 radical (unpaired) electrons. The molecule has 0 saturated carbocycles. The highest BCUT2D eigenvalue weighted by Crippen LogP contribution is 2.33. The van der Waals surface area contributed by atoms with E-state index in [0.29, 0.717) is 17.8 Å². The molecule has 4 aliphatic rings. The van der Waals surface area contributed by atoms with Crippen LogP contribution in [0.3, 0.4) is 0 Å². The molecule has 0 spiro atoms. The SMILES string of the molecule is CC1C=NCCC1C1CCNCC1NC(=O)C1C(N)NN2CC(F)CNC12. The van der Waals surface area contributed by atoms with E-state index in [2.05, 4.69) is 39.5 Å². The van der Waals surface area contributed by atoms with Gasteiger partial charge in [-0.15, -0.1) is 0 Å². The van der Waals surface area contributed by atoms with Crippen molar-refractivity contribution in [2.24, 2.45) is 34.4 Å². The Morgan fingerprint density at radius 2 is 2.19 bits per heavy atom. The number of hydrogen-bond acceptors (Lipinski definition) is 7. The zero-order chi connectivity index (χ0) is 19.0. The number of amides is 1. The van der Waals surface area contributed by atoms with Gasteiger partial charge in [0.2, 0.25) is 5.91 Å². The molecule has 8 unspecified atom stereocenters. The van der Waals surface area contributed by atoms with Crippen LogP contribution in [0, 0.1) is 23.7 Å². The number of alkyl halides is 1. The lowest BCUT2D eigenvalue weighted by Gasteiger charge is -2.41. The minimum absolute atomic E-state index is 0.0527. The van der Waals surface area contributed by atoms with Crippen LogP contribution in [0.15, 0.2) is 4.99 Å². The van der Waals surface area contributed by atoms with Gasteiger partial charge in [-0.2, -0.15) is 0 Å². The van der Waals surface area contributed by atoms with Gasteiger partial charge in [0.1, 0.15) is 6.17 Å². The summed E-state index contributed by atoms with van der Waals surface area (Å²) in [6, 6.07) is 0.0870. The van der Waals surface area contributed by atoms with E-state index in [1.807, 2.05) is 0 Å². The number of nitrogens with two attached hydrogens (primary N) is 1. The third-order valence-electron chi connectivity index (χ3n) is 6.64. The number of carbonyl (C=O) groups excluding carboxylic acids is 1. The Morgan fingerprint density at radius 1 is 1.33 bits per heavy atom. The van der Waals surface area contributed by atoms with E-state index in [-0.39, 0.29) is 31.2 Å². The summed E-state index contributed by atoms with van der Waals surface area (Å²) >= 11 is 0. The smallest absolute Gasteiger partial charge is 0.229 e. The molecule has 0 aliphatic carbocycles. The van der Waals surface area contributed by atoms with E-state index in [1.54, 1.807) is 5.01 Å². The van der Waals surface area contributed by atoms with Crippen molar-refractivity contribution in [3.8, 4) is 0 Å². The summed E-state index contributed by atoms with van der Waals surface area (Å²) in [6.45, 7) is 5.37. The molecule has 0 bridgehead atoms. The third kappa shape index (κ3) is 3.88. The zero-order valence-corrected chi connectivity index (χ0v) is 15.9. The van der Waals surface area contributed by atoms with Gasteiger partial charge in [0, 0.05) is 38.4 Å². The summed E-state index contributed by atoms with van der Waals surface area (Å²) in [5.41, 5.74) is 9.23. The Balaban J connectivity index is 1.43. The molecule has 3 saturated heterocycles. The first-order chi connectivity index (χ1) is 13.0. The number of hydrogen-bond donors (Lipinski definition) is 5. The molecule has 9 heteroatoms. The monoisotopic (exact) mass is 381 g/mol. The normalized spacial score (nSPS) is 45.4. The second-order valence-corrected chi connectivity index (χ2v) is 8.42. The highest BCUT2D eigenvalue weighted by Gasteiger charge is 2.48. The summed E-state index contributed by atoms with van der Waals surface area (Å²) in [7, 11) is 0. The second kappa shape index (κ2) is 8.08. The molecule has 8 atom stereocenters. The lowest BCUT2D eigenvalue weighted by atomic mass is 9.73. The van der Waals surface area contributed by atoms with Gasteiger partial charge < -0.3 is 16.4 Å². The standard InChI is InChI=1S/C18H32FN7O/c1-10-6-21-4-2-12(10)13-3-5-22-8-14(13)24-18(27)15-16(20)25-26-9-11(19)7-23-17(15)26/h6,10-17,22-23,25H,2-5,7-9,20H2,1H3,(H,24,27). The number of nitrogens with one attached hydrogen (secondary N) is 4. The molecule has 0 aromatic heterocycles. The van der Waals surface area contributed by atoms with Crippen molar-refractivity contribution in [1.82, 2.24) is 26.4 Å². The van der Waals surface area contributed by atoms with Gasteiger partial charge in [-0.05, 0) is 37.1 Å². The Morgan fingerprint density at radius 3 is 3.00 bits per heavy atom. The van der Waals surface area contributed by atoms with Crippen molar-refractivity contribution >= 4 is 12.1 Å². The van der Waals surface area contributed by atoms with Crippen LogP contribution in [0.2, 0.25) is 0 Å². The van der Waals surface area contributed by atoms with E-state index >= 15 is 0 Å². The Hall–Kier alpha value is -1.13. The lowest BCUT2D eigenvalue weighted by Crippen LogP contribution is -2.61. The first kappa shape index (κ1) is 19.2. The number of hydrazine groups is 1. The number of nitrogens with zero attached hydrogens (tertiary/aromatic N) is 2. The molecule has 4 heterocycles. The molecule has 0 aromatic rings. The van der Waals surface area contributed by atoms with Crippen LogP contribution >= 0.6 is 0 Å². The van der Waals surface area contributed by atoms with Crippen molar-refractivity contribution in [3.63, 3.8) is 0 Å². The minimum atomic E-state index is -0.955. The van der Waals surface area contributed by atoms with Gasteiger partial charge in [0.25, 0.3) is 0 Å². The van der Waals surface area contributed by atoms with Crippen LogP contribution in [-0.4, -0.2) is 74.4 Å². The number of rotatable bonds is 3. The van der Waals surface area contributed by atoms with Gasteiger partial charge in [-0.1, -0.05) is 6.92 Å². The number of aliphatic imine (C=N–C) groups is 1. The van der Waals surface area contributed by atoms with E-state index in [9.17, 15) is 9.18 Å². The van der Waals surface area contributed by atoms with E-state index in [4.69, 9.17) is 5.73 Å². The molecule has 4 aliphatic heterocycles. The van der Waals surface area contributed by atoms with Gasteiger partial charge in [0.05, 0.1) is 18.2 Å². The molecule has 6 N–H and O–H groups in total. The summed E-state index contributed by atoms with van der Waals surface area (Å²) in [5.74, 6) is 0.928. The average molecular weight is 382 g/mol. The molecule has 8 nitrogen and oxygen atoms in total. The van der Waals surface area contributed by atoms with Crippen LogP contribution in [0.25, 0.3) is 0 Å². The lowest BCUT2D eigenvalue weighted by molar-refractivity contribution is -0.128. The van der Waals surface area contributed by atoms with Crippen molar-refractivity contribution in [2.45, 2.75) is 44.3 Å². The van der Waals surface area contributed by atoms with Gasteiger partial charge in [-0.3, -0.25) is 15.1 Å². The van der Waals surface area contributed by atoms with Crippen LogP contribution in [-0.2, 0) is 4.79 Å². The van der Waals surface area contributed by atoms with Crippen LogP contribution in [0.1, 0.15) is 19.8 Å². The summed E-state index contributed by atoms with van der Waals surface area (Å²) in [6.07, 6.45) is 2.48. The first-order valence-electron chi connectivity index (χ1n) is 10.2. The molecule has 152 valence electrons. The number of piperidine rings is 1. The van der Waals surface area contributed by atoms with E-state index in [1.165, 1.54) is 0 Å². The molecule has 1 amide bonds. The average Bonchev–Trinajstić information content (AvgIpc) is 2.97. The number of fused-ring (bicyclic) bond motifs is 1. The highest BCUT2D eigenvalue weighted by molar-refractivity contribution is 5.80. The summed E-state index contributed by atoms with van der Waals surface area (Å²) in [5, 5.41) is 11.6. The van der Waals surface area contributed by atoms with Crippen molar-refractivity contribution in [1.29, 1.82) is 0 Å². The maximum absolute atomic E-state index is 13.6. The minimum Gasteiger partial charge on any atom is -0.351 e. The fourth-order valence-electron chi connectivity index (χ4n) is 5.25. The van der Waals surface area contributed by atoms with Crippen molar-refractivity contribution in [2.75, 3.05) is 32.7 Å². The van der Waals surface area contributed by atoms with Crippen LogP contribution < -0.4 is 27.1 Å². The first-order valence-corrected chi connectivity index (χ1v) is 10.2. The molecular weight excluding hydrogens is 349 g/mol. The Bertz CT molecular complexity index is 576. The molecular formula is C18H32FN7O. The van der Waals surface area contributed by atoms with Crippen molar-refractivity contribution < 1.29 is 9.18 Å². The Kier molecular flexibility index (Phi) is 5.75. The van der Waals surface area contributed by atoms with Crippen LogP contribution in [0.4, 0.5) is 4.39 Å². The fourth-order valence-corrected chi connectivity index (χ4v) is 5.25. The zero-order valence-electron chi connectivity index (χ0n) is 15.9. The van der Waals surface area contributed by atoms with E-state index in [0.717, 1.165) is 32.5 Å². The predicted molar refractivity (Wildman–Crippen MR) is 102 cm³/mol. The molecule has 0 aromatic carbocycles. The molecule has 3 fully saturated rings. The van der Waals surface area contributed by atoms with Gasteiger partial charge in [0.15, 0.2) is 0 Å². The topological polar surface area (TPSA) is 107 Å². The fraction of sp³-hybridized carbons (Fsp3) is 0.889. The molecule has 27 heavy (non-hydrogen) atoms. The highest BCUT2D eigenvalue weighted by atomic mass is 19.1. The maximum Gasteiger partial charge on any atom is 0.229 e. The second-order valence-electron chi connectivity index (χ2n) is 8.42. The summed E-state index contributed by atoms with van der Waals surface area (Å²) < 4.78 is 13.6. The van der Waals surface area contributed by atoms with Crippen LogP contribution in [0.5, 0.6) is 0 Å². The maximum atomic E-state index is 13.6. The number of halogens is 1. The van der Waals surface area contributed by atoms with E-state index < -0.39 is 18.3 Å². The largest absolute Gasteiger partial charge is 0.351 e. The van der Waals surface area contributed by atoms with Gasteiger partial charge >= 0.3 is 0 Å². The summed E-state index contributed by atoms with van der Waals surface area (Å²) in [4.78, 5) is 17.5.